The number of nitrogens with zero attached hydrogens (tertiary/aromatic N) is 2. The van der Waals surface area contributed by atoms with E-state index in [1.807, 2.05) is 0 Å². The van der Waals surface area contributed by atoms with E-state index in [1.165, 1.54) is 23.5 Å². The van der Waals surface area contributed by atoms with E-state index in [9.17, 15) is 9.18 Å². The van der Waals surface area contributed by atoms with Gasteiger partial charge in [-0.3, -0.25) is 4.79 Å². The minimum atomic E-state index is -0.315. The van der Waals surface area contributed by atoms with Crippen molar-refractivity contribution in [3.05, 3.63) is 40.7 Å². The number of anilines is 1. The normalized spacial score (nSPS) is 17.9. The molecule has 7 heteroatoms. The van der Waals surface area contributed by atoms with Crippen LogP contribution in [0.4, 0.5) is 9.52 Å². The van der Waals surface area contributed by atoms with Crippen LogP contribution in [0, 0.1) is 5.82 Å². The summed E-state index contributed by atoms with van der Waals surface area (Å²) < 4.78 is 18.3. The summed E-state index contributed by atoms with van der Waals surface area (Å²) in [5.41, 5.74) is 0.748. The highest BCUT2D eigenvalue weighted by Gasteiger charge is 2.22. The summed E-state index contributed by atoms with van der Waals surface area (Å²) in [5.74, 6) is -0.513. The van der Waals surface area contributed by atoms with Crippen LogP contribution in [-0.4, -0.2) is 22.7 Å². The van der Waals surface area contributed by atoms with Crippen molar-refractivity contribution in [2.75, 3.05) is 11.9 Å². The zero-order valence-electron chi connectivity index (χ0n) is 11.2. The molecule has 5 nitrogen and oxygen atoms in total. The van der Waals surface area contributed by atoms with E-state index in [-0.39, 0.29) is 24.2 Å². The van der Waals surface area contributed by atoms with E-state index in [0.29, 0.717) is 5.13 Å². The topological polar surface area (TPSA) is 64.1 Å². The number of hydrogen-bond acceptors (Lipinski definition) is 5. The molecule has 0 aliphatic carbocycles. The van der Waals surface area contributed by atoms with Gasteiger partial charge in [0.25, 0.3) is 0 Å². The first-order chi connectivity index (χ1) is 10.2. The maximum atomic E-state index is 12.8. The number of ether oxygens (including phenoxy) is 1. The van der Waals surface area contributed by atoms with Gasteiger partial charge in [0.2, 0.25) is 11.0 Å². The lowest BCUT2D eigenvalue weighted by atomic mass is 10.1. The number of benzene rings is 1. The largest absolute Gasteiger partial charge is 0.371 e. The van der Waals surface area contributed by atoms with Gasteiger partial charge in [0, 0.05) is 6.61 Å². The average molecular weight is 307 g/mol. The zero-order valence-corrected chi connectivity index (χ0v) is 12.0. The average Bonchev–Trinajstić information content (AvgIpc) is 3.12. The predicted molar refractivity (Wildman–Crippen MR) is 76.6 cm³/mol. The lowest BCUT2D eigenvalue weighted by molar-refractivity contribution is -0.115. The van der Waals surface area contributed by atoms with Gasteiger partial charge in [0.1, 0.15) is 16.9 Å². The fourth-order valence-electron chi connectivity index (χ4n) is 2.14. The third kappa shape index (κ3) is 3.62. The second kappa shape index (κ2) is 6.28. The molecular weight excluding hydrogens is 293 g/mol. The molecule has 1 fully saturated rings. The van der Waals surface area contributed by atoms with Crippen molar-refractivity contribution in [3.8, 4) is 0 Å². The minimum absolute atomic E-state index is 0.00486. The molecule has 1 aromatic carbocycles. The van der Waals surface area contributed by atoms with Crippen LogP contribution in [0.2, 0.25) is 0 Å². The number of rotatable bonds is 4. The van der Waals surface area contributed by atoms with Crippen molar-refractivity contribution >= 4 is 22.4 Å². The number of nitrogens with one attached hydrogen (secondary N) is 1. The molecule has 1 saturated heterocycles. The van der Waals surface area contributed by atoms with E-state index < -0.39 is 0 Å². The standard InChI is InChI=1S/C14H14FN3O2S/c15-10-5-3-9(4-6-10)8-12(19)16-14-18-17-13(21-14)11-2-1-7-20-11/h3-6,11H,1-2,7-8H2,(H,16,18,19)/t11-/m0/s1. The van der Waals surface area contributed by atoms with Gasteiger partial charge in [-0.2, -0.15) is 0 Å². The fraction of sp³-hybridized carbons (Fsp3) is 0.357. The van der Waals surface area contributed by atoms with Gasteiger partial charge in [0.15, 0.2) is 0 Å². The SMILES string of the molecule is O=C(Cc1ccc(F)cc1)Nc1nnc([C@@H]2CCCO2)s1. The Bertz CT molecular complexity index is 623. The monoisotopic (exact) mass is 307 g/mol. The number of aromatic nitrogens is 2. The molecule has 2 aromatic rings. The summed E-state index contributed by atoms with van der Waals surface area (Å²) in [5, 5.41) is 12.0. The van der Waals surface area contributed by atoms with Crippen LogP contribution in [0.5, 0.6) is 0 Å². The van der Waals surface area contributed by atoms with Crippen LogP contribution in [0.1, 0.15) is 29.5 Å². The van der Waals surface area contributed by atoms with Crippen molar-refractivity contribution in [1.29, 1.82) is 0 Å². The van der Waals surface area contributed by atoms with Crippen molar-refractivity contribution in [1.82, 2.24) is 10.2 Å². The second-order valence-corrected chi connectivity index (χ2v) is 5.81. The van der Waals surface area contributed by atoms with Crippen molar-refractivity contribution in [3.63, 3.8) is 0 Å². The first-order valence-corrected chi connectivity index (χ1v) is 7.51. The Morgan fingerprint density at radius 3 is 2.90 bits per heavy atom. The molecule has 0 unspecified atom stereocenters. The molecule has 1 aromatic heterocycles. The minimum Gasteiger partial charge on any atom is -0.371 e. The van der Waals surface area contributed by atoms with E-state index in [4.69, 9.17) is 4.74 Å². The summed E-state index contributed by atoms with van der Waals surface area (Å²) >= 11 is 1.33. The lowest BCUT2D eigenvalue weighted by Crippen LogP contribution is -2.14. The number of carbonyl (C=O) groups is 1. The molecular formula is C14H14FN3O2S. The highest BCUT2D eigenvalue weighted by Crippen LogP contribution is 2.31. The Morgan fingerprint density at radius 1 is 1.38 bits per heavy atom. The molecule has 1 amide bonds. The smallest absolute Gasteiger partial charge is 0.230 e. The summed E-state index contributed by atoms with van der Waals surface area (Å²) in [6, 6.07) is 5.85. The van der Waals surface area contributed by atoms with Crippen molar-refractivity contribution < 1.29 is 13.9 Å². The molecule has 0 spiro atoms. The van der Waals surface area contributed by atoms with E-state index in [0.717, 1.165) is 30.0 Å². The maximum Gasteiger partial charge on any atom is 0.230 e. The molecule has 0 radical (unpaired) electrons. The Hall–Kier alpha value is -1.86. The number of hydrogen-bond donors (Lipinski definition) is 1. The number of halogens is 1. The Morgan fingerprint density at radius 2 is 2.19 bits per heavy atom. The van der Waals surface area contributed by atoms with Gasteiger partial charge in [0.05, 0.1) is 6.42 Å². The molecule has 0 bridgehead atoms. The number of amides is 1. The van der Waals surface area contributed by atoms with Crippen LogP contribution in [0.3, 0.4) is 0 Å². The summed E-state index contributed by atoms with van der Waals surface area (Å²) in [6.45, 7) is 0.747. The third-order valence-corrected chi connectivity index (χ3v) is 4.10. The van der Waals surface area contributed by atoms with Gasteiger partial charge >= 0.3 is 0 Å². The Labute approximate surface area is 125 Å². The third-order valence-electron chi connectivity index (χ3n) is 3.17. The lowest BCUT2D eigenvalue weighted by Gasteiger charge is -2.03. The van der Waals surface area contributed by atoms with Gasteiger partial charge in [-0.15, -0.1) is 10.2 Å². The fourth-order valence-corrected chi connectivity index (χ4v) is 2.98. The molecule has 1 aliphatic heterocycles. The molecule has 1 aliphatic rings. The van der Waals surface area contributed by atoms with Crippen LogP contribution < -0.4 is 5.32 Å². The molecule has 3 rings (SSSR count). The molecule has 2 heterocycles. The van der Waals surface area contributed by atoms with Crippen molar-refractivity contribution in [2.24, 2.45) is 0 Å². The zero-order chi connectivity index (χ0) is 14.7. The van der Waals surface area contributed by atoms with Crippen molar-refractivity contribution in [2.45, 2.75) is 25.4 Å². The Kier molecular flexibility index (Phi) is 4.21. The quantitative estimate of drug-likeness (QED) is 0.943. The molecule has 1 N–H and O–H groups in total. The van der Waals surface area contributed by atoms with Gasteiger partial charge in [-0.25, -0.2) is 4.39 Å². The first-order valence-electron chi connectivity index (χ1n) is 6.70. The molecule has 0 saturated carbocycles. The summed E-state index contributed by atoms with van der Waals surface area (Å²) in [4.78, 5) is 11.9. The van der Waals surface area contributed by atoms with Gasteiger partial charge in [-0.05, 0) is 30.5 Å². The molecule has 110 valence electrons. The van der Waals surface area contributed by atoms with Gasteiger partial charge < -0.3 is 10.1 Å². The highest BCUT2D eigenvalue weighted by atomic mass is 32.1. The van der Waals surface area contributed by atoms with E-state index in [2.05, 4.69) is 15.5 Å². The number of carbonyl (C=O) groups excluding carboxylic acids is 1. The van der Waals surface area contributed by atoms with Gasteiger partial charge in [-0.1, -0.05) is 23.5 Å². The summed E-state index contributed by atoms with van der Waals surface area (Å²) in [6.07, 6.45) is 2.15. The van der Waals surface area contributed by atoms with Crippen LogP contribution in [-0.2, 0) is 16.0 Å². The highest BCUT2D eigenvalue weighted by molar-refractivity contribution is 7.15. The Balaban J connectivity index is 1.58. The second-order valence-electron chi connectivity index (χ2n) is 4.80. The van der Waals surface area contributed by atoms with Crippen LogP contribution >= 0.6 is 11.3 Å². The molecule has 1 atom stereocenters. The predicted octanol–water partition coefficient (Wildman–Crippen LogP) is 2.71. The maximum absolute atomic E-state index is 12.8. The summed E-state index contributed by atoms with van der Waals surface area (Å²) in [7, 11) is 0. The van der Waals surface area contributed by atoms with Crippen LogP contribution in [0.15, 0.2) is 24.3 Å². The van der Waals surface area contributed by atoms with E-state index in [1.54, 1.807) is 12.1 Å². The first kappa shape index (κ1) is 14.1. The van der Waals surface area contributed by atoms with Crippen LogP contribution in [0.25, 0.3) is 0 Å². The van der Waals surface area contributed by atoms with E-state index >= 15 is 0 Å². The molecule has 21 heavy (non-hydrogen) atoms.